The molecule has 0 radical (unpaired) electrons. The van der Waals surface area contributed by atoms with Crippen molar-refractivity contribution in [2.75, 3.05) is 0 Å². The molecule has 0 spiro atoms. The molecule has 0 fully saturated rings. The SMILES string of the molecule is CC.CC.Cc1cccc2c1S(=O)(=O)c1c(C)cccc1-2.Cc1cccc2c1S(=O)(=O)c1ccccc1-2.O=S1(=O)C=Cc2ccccc21.O=S1(=O)c2ccccc2-c2ccccc21. The van der Waals surface area contributed by atoms with Crippen molar-refractivity contribution in [1.29, 1.82) is 0 Å². The van der Waals surface area contributed by atoms with E-state index in [1.165, 1.54) is 5.41 Å². The minimum Gasteiger partial charge on any atom is -0.219 e. The second kappa shape index (κ2) is 18.4. The molecule has 0 N–H and O–H groups in total. The van der Waals surface area contributed by atoms with Crippen molar-refractivity contribution >= 4 is 45.4 Å². The lowest BCUT2D eigenvalue weighted by atomic mass is 10.0. The molecule has 7 aromatic carbocycles. The summed E-state index contributed by atoms with van der Waals surface area (Å²) in [5.41, 5.74) is 8.18. The minimum absolute atomic E-state index is 0.417. The van der Waals surface area contributed by atoms with Gasteiger partial charge in [-0.3, -0.25) is 0 Å². The Hall–Kier alpha value is -5.92. The highest BCUT2D eigenvalue weighted by Crippen LogP contribution is 2.47. The molecule has 12 heteroatoms. The van der Waals surface area contributed by atoms with E-state index in [1.807, 2.05) is 146 Å². The van der Waals surface area contributed by atoms with Crippen molar-refractivity contribution in [3.05, 3.63) is 179 Å². The highest BCUT2D eigenvalue weighted by molar-refractivity contribution is 7.95. The maximum absolute atomic E-state index is 12.5. The number of sulfone groups is 4. The first-order valence-corrected chi connectivity index (χ1v) is 26.4. The van der Waals surface area contributed by atoms with Gasteiger partial charge in [0.2, 0.25) is 29.5 Å². The number of aryl methyl sites for hydroxylation is 3. The quantitative estimate of drug-likeness (QED) is 0.147. The highest BCUT2D eigenvalue weighted by atomic mass is 32.2. The van der Waals surface area contributed by atoms with E-state index in [2.05, 4.69) is 0 Å². The standard InChI is InChI=1S/C14H12O2S.C13H10O2S.C12H8O2S.C8H6O2S.2C2H6/c1-9-5-3-7-11-12-8-4-6-10(2)14(12)17(15,16)13(9)11;1-9-5-4-7-11-10-6-2-3-8-12(10)16(14,15)13(9)11;13-15(14)11-7-3-1-5-9(11)10-6-2-4-8-12(10)15;9-11(10)6-5-7-3-1-2-4-8(7)11;2*1-2/h3-8H,1-2H3;2-8H,1H3;1-8H;1-6H;2*1-2H3. The van der Waals surface area contributed by atoms with E-state index in [0.29, 0.717) is 34.3 Å². The first-order chi connectivity index (χ1) is 30.1. The maximum Gasteiger partial charge on any atom is 0.208 e. The molecular formula is C51H48O8S4. The van der Waals surface area contributed by atoms with Gasteiger partial charge in [-0.15, -0.1) is 0 Å². The van der Waals surface area contributed by atoms with Crippen LogP contribution in [0.4, 0.5) is 0 Å². The van der Waals surface area contributed by atoms with Crippen molar-refractivity contribution in [1.82, 2.24) is 0 Å². The average molecular weight is 917 g/mol. The molecule has 0 saturated heterocycles. The van der Waals surface area contributed by atoms with E-state index in [1.54, 1.807) is 60.7 Å². The molecule has 0 aromatic heterocycles. The lowest BCUT2D eigenvalue weighted by Gasteiger charge is -2.03. The first kappa shape index (κ1) is 46.6. The van der Waals surface area contributed by atoms with Crippen LogP contribution in [0.2, 0.25) is 0 Å². The molecule has 0 atom stereocenters. The maximum atomic E-state index is 12.5. The molecule has 0 amide bonds. The Kier molecular flexibility index (Phi) is 13.6. The third kappa shape index (κ3) is 8.36. The van der Waals surface area contributed by atoms with Crippen LogP contribution in [0.5, 0.6) is 0 Å². The van der Waals surface area contributed by atoms with Crippen LogP contribution in [0.1, 0.15) is 49.9 Å². The second-order valence-electron chi connectivity index (χ2n) is 14.2. The van der Waals surface area contributed by atoms with E-state index in [9.17, 15) is 33.7 Å². The molecule has 0 bridgehead atoms. The van der Waals surface area contributed by atoms with E-state index >= 15 is 0 Å². The summed E-state index contributed by atoms with van der Waals surface area (Å²) in [5, 5.41) is 1.23. The first-order valence-electron chi connectivity index (χ1n) is 20.4. The van der Waals surface area contributed by atoms with Crippen molar-refractivity contribution in [3.8, 4) is 33.4 Å². The highest BCUT2D eigenvalue weighted by Gasteiger charge is 2.36. The van der Waals surface area contributed by atoms with Crippen LogP contribution in [-0.4, -0.2) is 33.7 Å². The van der Waals surface area contributed by atoms with Gasteiger partial charge in [0.25, 0.3) is 0 Å². The summed E-state index contributed by atoms with van der Waals surface area (Å²) in [7, 11) is -13.0. The lowest BCUT2D eigenvalue weighted by molar-refractivity contribution is 0.596. The predicted octanol–water partition coefficient (Wildman–Crippen LogP) is 11.9. The summed E-state index contributed by atoms with van der Waals surface area (Å²) < 4.78 is 96.1. The fraction of sp³-hybridized carbons (Fsp3) is 0.137. The van der Waals surface area contributed by atoms with Gasteiger partial charge >= 0.3 is 0 Å². The monoisotopic (exact) mass is 916 g/mol. The van der Waals surface area contributed by atoms with Crippen LogP contribution < -0.4 is 0 Å². The minimum atomic E-state index is -3.33. The van der Waals surface area contributed by atoms with Gasteiger partial charge in [0.15, 0.2) is 9.84 Å². The second-order valence-corrected chi connectivity index (χ2v) is 21.6. The zero-order valence-corrected chi connectivity index (χ0v) is 39.3. The Morgan fingerprint density at radius 1 is 0.302 bits per heavy atom. The number of hydrogen-bond acceptors (Lipinski definition) is 8. The molecule has 7 aromatic rings. The Bertz CT molecular complexity index is 3260. The zero-order chi connectivity index (χ0) is 45.9. The largest absolute Gasteiger partial charge is 0.219 e. The molecule has 4 aliphatic heterocycles. The Balaban J connectivity index is 0.000000137. The van der Waals surface area contributed by atoms with Crippen molar-refractivity contribution < 1.29 is 33.7 Å². The Morgan fingerprint density at radius 3 is 1.02 bits per heavy atom. The van der Waals surface area contributed by atoms with Gasteiger partial charge in [0, 0.05) is 38.8 Å². The zero-order valence-electron chi connectivity index (χ0n) is 36.0. The topological polar surface area (TPSA) is 137 Å². The van der Waals surface area contributed by atoms with Crippen LogP contribution in [-0.2, 0) is 39.3 Å². The van der Waals surface area contributed by atoms with E-state index in [4.69, 9.17) is 0 Å². The summed E-state index contributed by atoms with van der Waals surface area (Å²) in [6.07, 6.45) is 1.62. The summed E-state index contributed by atoms with van der Waals surface area (Å²) >= 11 is 0. The normalized spacial score (nSPS) is 15.2. The fourth-order valence-corrected chi connectivity index (χ4v) is 14.8. The van der Waals surface area contributed by atoms with E-state index in [0.717, 1.165) is 55.6 Å². The van der Waals surface area contributed by atoms with Gasteiger partial charge in [-0.1, -0.05) is 155 Å². The smallest absolute Gasteiger partial charge is 0.208 e. The van der Waals surface area contributed by atoms with Crippen molar-refractivity contribution in [2.24, 2.45) is 0 Å². The van der Waals surface area contributed by atoms with Crippen LogP contribution in [0.15, 0.2) is 191 Å². The van der Waals surface area contributed by atoms with Gasteiger partial charge in [0.05, 0.1) is 34.3 Å². The predicted molar refractivity (Wildman–Crippen MR) is 252 cm³/mol. The van der Waals surface area contributed by atoms with Gasteiger partial charge in [-0.25, -0.2) is 33.7 Å². The van der Waals surface area contributed by atoms with Crippen molar-refractivity contribution in [2.45, 2.75) is 82.7 Å². The summed E-state index contributed by atoms with van der Waals surface area (Å²) in [6, 6.07) is 45.2. The van der Waals surface area contributed by atoms with Crippen LogP contribution in [0.25, 0.3) is 39.5 Å². The molecule has 0 aliphatic carbocycles. The van der Waals surface area contributed by atoms with E-state index < -0.39 is 39.3 Å². The molecule has 0 saturated carbocycles. The third-order valence-electron chi connectivity index (χ3n) is 10.5. The van der Waals surface area contributed by atoms with E-state index in [-0.39, 0.29) is 0 Å². The van der Waals surface area contributed by atoms with Crippen LogP contribution in [0.3, 0.4) is 0 Å². The third-order valence-corrected chi connectivity index (χ3v) is 18.0. The number of rotatable bonds is 0. The molecular weight excluding hydrogens is 869 g/mol. The molecule has 8 nitrogen and oxygen atoms in total. The van der Waals surface area contributed by atoms with Crippen LogP contribution in [0, 0.1) is 20.8 Å². The number of fused-ring (bicyclic) bond motifs is 10. The lowest BCUT2D eigenvalue weighted by Crippen LogP contribution is -2.00. The molecule has 324 valence electrons. The molecule has 4 heterocycles. The average Bonchev–Trinajstić information content (AvgIpc) is 3.91. The number of benzene rings is 7. The Morgan fingerprint density at radius 2 is 0.603 bits per heavy atom. The molecule has 0 unspecified atom stereocenters. The molecule has 11 rings (SSSR count). The fourth-order valence-electron chi connectivity index (χ4n) is 7.88. The summed E-state index contributed by atoms with van der Waals surface area (Å²) in [5.74, 6) is 0. The van der Waals surface area contributed by atoms with Crippen LogP contribution >= 0.6 is 0 Å². The summed E-state index contributed by atoms with van der Waals surface area (Å²) in [4.78, 5) is 3.11. The molecule has 4 aliphatic rings. The van der Waals surface area contributed by atoms with Crippen molar-refractivity contribution in [3.63, 3.8) is 0 Å². The van der Waals surface area contributed by atoms with Gasteiger partial charge in [0.1, 0.15) is 0 Å². The number of hydrogen-bond donors (Lipinski definition) is 0. The van der Waals surface area contributed by atoms with Gasteiger partial charge in [-0.2, -0.15) is 0 Å². The summed E-state index contributed by atoms with van der Waals surface area (Å²) in [6.45, 7) is 13.5. The van der Waals surface area contributed by atoms with Gasteiger partial charge in [-0.05, 0) is 73.4 Å². The van der Waals surface area contributed by atoms with Gasteiger partial charge < -0.3 is 0 Å². The Labute approximate surface area is 372 Å². The molecule has 63 heavy (non-hydrogen) atoms.